The van der Waals surface area contributed by atoms with Gasteiger partial charge < -0.3 is 15.0 Å². The van der Waals surface area contributed by atoms with Crippen molar-refractivity contribution in [3.05, 3.63) is 65.3 Å². The van der Waals surface area contributed by atoms with Gasteiger partial charge >= 0.3 is 0 Å². The Morgan fingerprint density at radius 1 is 1.30 bits per heavy atom. The minimum atomic E-state index is 0.570. The van der Waals surface area contributed by atoms with Gasteiger partial charge in [-0.1, -0.05) is 18.2 Å². The fourth-order valence-corrected chi connectivity index (χ4v) is 2.61. The van der Waals surface area contributed by atoms with Crippen LogP contribution in [0.25, 0.3) is 15.9 Å². The summed E-state index contributed by atoms with van der Waals surface area (Å²) in [5.74, 6) is 0.901. The Morgan fingerprint density at radius 3 is 3.00 bits per heavy atom. The predicted octanol–water partition coefficient (Wildman–Crippen LogP) is 3.45. The smallest absolute Gasteiger partial charge is 0.205 e. The third kappa shape index (κ3) is 3.33. The number of hydrogen-bond donors (Lipinski definition) is 2. The second-order valence-corrected chi connectivity index (χ2v) is 5.25. The van der Waals surface area contributed by atoms with Gasteiger partial charge in [-0.25, -0.2) is 4.85 Å². The second-order valence-electron chi connectivity index (χ2n) is 5.25. The standard InChI is InChI=1S/C18H18N4O/c1-19-15-9-16-13(11-21-18(16)22-12-15)7-8-20-10-14-5-3-4-6-17(14)23-2/h3-6,9,11-12,20H,7-8,10H2,2H3,(H,21,22). The van der Waals surface area contributed by atoms with E-state index in [1.54, 1.807) is 13.3 Å². The largest absolute Gasteiger partial charge is 0.496 e. The molecule has 0 aliphatic rings. The molecule has 0 radical (unpaired) electrons. The number of nitrogens with one attached hydrogen (secondary N) is 2. The summed E-state index contributed by atoms with van der Waals surface area (Å²) >= 11 is 0. The van der Waals surface area contributed by atoms with E-state index in [4.69, 9.17) is 11.3 Å². The average Bonchev–Trinajstić information content (AvgIpc) is 3.01. The first-order valence-electron chi connectivity index (χ1n) is 7.48. The molecule has 0 spiro atoms. The number of fused-ring (bicyclic) bond motifs is 1. The van der Waals surface area contributed by atoms with E-state index in [2.05, 4.69) is 26.2 Å². The molecule has 5 nitrogen and oxygen atoms in total. The molecule has 0 aliphatic heterocycles. The van der Waals surface area contributed by atoms with E-state index >= 15 is 0 Å². The van der Waals surface area contributed by atoms with Crippen molar-refractivity contribution in [2.24, 2.45) is 0 Å². The van der Waals surface area contributed by atoms with Crippen LogP contribution in [0.5, 0.6) is 5.75 Å². The van der Waals surface area contributed by atoms with Gasteiger partial charge in [-0.15, -0.1) is 0 Å². The number of pyridine rings is 1. The third-order valence-electron chi connectivity index (χ3n) is 3.81. The van der Waals surface area contributed by atoms with E-state index in [0.717, 1.165) is 41.9 Å². The minimum Gasteiger partial charge on any atom is -0.496 e. The van der Waals surface area contributed by atoms with Gasteiger partial charge in [0.1, 0.15) is 11.4 Å². The summed E-state index contributed by atoms with van der Waals surface area (Å²) in [5, 5.41) is 4.46. The molecule has 3 rings (SSSR count). The van der Waals surface area contributed by atoms with Crippen molar-refractivity contribution in [2.45, 2.75) is 13.0 Å². The van der Waals surface area contributed by atoms with Gasteiger partial charge in [0.15, 0.2) is 0 Å². The monoisotopic (exact) mass is 306 g/mol. The van der Waals surface area contributed by atoms with Crippen LogP contribution in [0.15, 0.2) is 42.7 Å². The Bertz CT molecular complexity index is 848. The van der Waals surface area contributed by atoms with Gasteiger partial charge in [0.2, 0.25) is 5.69 Å². The van der Waals surface area contributed by atoms with Crippen molar-refractivity contribution < 1.29 is 4.74 Å². The Labute approximate surface area is 135 Å². The molecule has 0 atom stereocenters. The molecule has 5 heteroatoms. The first kappa shape index (κ1) is 15.1. The molecule has 0 unspecified atom stereocenters. The Kier molecular flexibility index (Phi) is 4.55. The number of hydrogen-bond acceptors (Lipinski definition) is 3. The molecule has 0 fully saturated rings. The van der Waals surface area contributed by atoms with Crippen molar-refractivity contribution in [3.63, 3.8) is 0 Å². The molecule has 3 aromatic rings. The van der Waals surface area contributed by atoms with Crippen LogP contribution in [-0.4, -0.2) is 23.6 Å². The molecular formula is C18H18N4O. The number of methoxy groups -OCH3 is 1. The summed E-state index contributed by atoms with van der Waals surface area (Å²) < 4.78 is 5.35. The zero-order valence-electron chi connectivity index (χ0n) is 13.0. The van der Waals surface area contributed by atoms with Crippen molar-refractivity contribution in [1.82, 2.24) is 15.3 Å². The van der Waals surface area contributed by atoms with Crippen molar-refractivity contribution in [1.29, 1.82) is 0 Å². The van der Waals surface area contributed by atoms with E-state index < -0.39 is 0 Å². The Morgan fingerprint density at radius 2 is 2.17 bits per heavy atom. The van der Waals surface area contributed by atoms with Crippen LogP contribution in [0.2, 0.25) is 0 Å². The maximum atomic E-state index is 7.09. The number of ether oxygens (including phenoxy) is 1. The minimum absolute atomic E-state index is 0.570. The summed E-state index contributed by atoms with van der Waals surface area (Å²) in [6.45, 7) is 8.70. The van der Waals surface area contributed by atoms with Crippen molar-refractivity contribution >= 4 is 16.7 Å². The van der Waals surface area contributed by atoms with Gasteiger partial charge in [-0.05, 0) is 30.7 Å². The molecule has 0 saturated carbocycles. The maximum Gasteiger partial charge on any atom is 0.205 e. The van der Waals surface area contributed by atoms with Crippen LogP contribution in [0, 0.1) is 6.57 Å². The quantitative estimate of drug-likeness (QED) is 0.542. The molecule has 0 bridgehead atoms. The number of nitrogens with zero attached hydrogens (tertiary/aromatic N) is 2. The van der Waals surface area contributed by atoms with Gasteiger partial charge in [0.05, 0.1) is 13.7 Å². The highest BCUT2D eigenvalue weighted by atomic mass is 16.5. The highest BCUT2D eigenvalue weighted by Gasteiger charge is 2.06. The topological polar surface area (TPSA) is 54.3 Å². The van der Waals surface area contributed by atoms with E-state index in [1.807, 2.05) is 30.5 Å². The van der Waals surface area contributed by atoms with Crippen LogP contribution in [-0.2, 0) is 13.0 Å². The molecule has 116 valence electrons. The molecular weight excluding hydrogens is 288 g/mol. The predicted molar refractivity (Wildman–Crippen MR) is 90.8 cm³/mol. The average molecular weight is 306 g/mol. The van der Waals surface area contributed by atoms with Crippen molar-refractivity contribution in [3.8, 4) is 5.75 Å². The number of para-hydroxylation sites is 1. The molecule has 23 heavy (non-hydrogen) atoms. The molecule has 2 N–H and O–H groups in total. The number of rotatable bonds is 6. The number of aromatic amines is 1. The lowest BCUT2D eigenvalue weighted by Gasteiger charge is -2.09. The highest BCUT2D eigenvalue weighted by Crippen LogP contribution is 2.22. The van der Waals surface area contributed by atoms with E-state index in [0.29, 0.717) is 5.69 Å². The fraction of sp³-hybridized carbons (Fsp3) is 0.222. The normalized spacial score (nSPS) is 10.6. The Hall–Kier alpha value is -2.84. The summed E-state index contributed by atoms with van der Waals surface area (Å²) in [7, 11) is 1.69. The first-order valence-corrected chi connectivity index (χ1v) is 7.48. The zero-order valence-corrected chi connectivity index (χ0v) is 13.0. The summed E-state index contributed by atoms with van der Waals surface area (Å²) in [5.41, 5.74) is 3.72. The highest BCUT2D eigenvalue weighted by molar-refractivity contribution is 5.83. The molecule has 0 amide bonds. The maximum absolute atomic E-state index is 7.09. The van der Waals surface area contributed by atoms with Crippen LogP contribution >= 0.6 is 0 Å². The molecule has 1 aromatic carbocycles. The summed E-state index contributed by atoms with van der Waals surface area (Å²) in [6, 6.07) is 9.89. The SMILES string of the molecule is [C-]#[N+]c1cnc2[nH]cc(CCNCc3ccccc3OC)c2c1. The van der Waals surface area contributed by atoms with E-state index in [1.165, 1.54) is 5.56 Å². The molecule has 2 heterocycles. The molecule has 2 aromatic heterocycles. The van der Waals surface area contributed by atoms with Gasteiger partial charge in [-0.3, -0.25) is 4.98 Å². The lowest BCUT2D eigenvalue weighted by atomic mass is 10.1. The first-order chi connectivity index (χ1) is 11.3. The lowest BCUT2D eigenvalue weighted by molar-refractivity contribution is 0.408. The summed E-state index contributed by atoms with van der Waals surface area (Å²) in [6.07, 6.45) is 4.43. The van der Waals surface area contributed by atoms with E-state index in [9.17, 15) is 0 Å². The van der Waals surface area contributed by atoms with E-state index in [-0.39, 0.29) is 0 Å². The van der Waals surface area contributed by atoms with Gasteiger partial charge in [-0.2, -0.15) is 0 Å². The third-order valence-corrected chi connectivity index (χ3v) is 3.81. The van der Waals surface area contributed by atoms with Crippen LogP contribution in [0.3, 0.4) is 0 Å². The number of benzene rings is 1. The number of aromatic nitrogens is 2. The van der Waals surface area contributed by atoms with Crippen LogP contribution in [0.4, 0.5) is 5.69 Å². The fourth-order valence-electron chi connectivity index (χ4n) is 2.61. The molecule has 0 saturated heterocycles. The Balaban J connectivity index is 1.62. The second kappa shape index (κ2) is 6.95. The summed E-state index contributed by atoms with van der Waals surface area (Å²) in [4.78, 5) is 10.9. The molecule has 0 aliphatic carbocycles. The zero-order chi connectivity index (χ0) is 16.1. The number of H-pyrrole nitrogens is 1. The van der Waals surface area contributed by atoms with Crippen LogP contribution in [0.1, 0.15) is 11.1 Å². The van der Waals surface area contributed by atoms with Crippen molar-refractivity contribution in [2.75, 3.05) is 13.7 Å². The van der Waals surface area contributed by atoms with Crippen LogP contribution < -0.4 is 10.1 Å². The van der Waals surface area contributed by atoms with Gasteiger partial charge in [0.25, 0.3) is 0 Å². The lowest BCUT2D eigenvalue weighted by Crippen LogP contribution is -2.17. The van der Waals surface area contributed by atoms with Gasteiger partial charge in [0, 0.05) is 29.9 Å².